The minimum Gasteiger partial charge on any atom is -0.373 e. The summed E-state index contributed by atoms with van der Waals surface area (Å²) in [4.78, 5) is 2.30. The van der Waals surface area contributed by atoms with Crippen molar-refractivity contribution in [3.8, 4) is 0 Å². The summed E-state index contributed by atoms with van der Waals surface area (Å²) >= 11 is 0. The first kappa shape index (κ1) is 8.60. The van der Waals surface area contributed by atoms with E-state index < -0.39 is 0 Å². The Morgan fingerprint density at radius 3 is 2.27 bits per heavy atom. The maximum Gasteiger partial charge on any atom is 0.0726 e. The van der Waals surface area contributed by atoms with E-state index in [1.807, 2.05) is 6.92 Å². The van der Waals surface area contributed by atoms with Gasteiger partial charge >= 0.3 is 0 Å². The third-order valence-corrected chi connectivity index (χ3v) is 1.81. The van der Waals surface area contributed by atoms with Gasteiger partial charge in [0.2, 0.25) is 0 Å². The molecule has 0 radical (unpaired) electrons. The van der Waals surface area contributed by atoms with Gasteiger partial charge in [-0.15, -0.1) is 0 Å². The minimum atomic E-state index is 0.370. The molecule has 64 valence electrons. The van der Waals surface area contributed by atoms with Gasteiger partial charge in [-0.05, 0) is 27.0 Å². The molecule has 0 saturated carbocycles. The van der Waals surface area contributed by atoms with Crippen LogP contribution in [-0.2, 0) is 4.74 Å². The zero-order valence-corrected chi connectivity index (χ0v) is 7.58. The maximum atomic E-state index is 5.59. The summed E-state index contributed by atoms with van der Waals surface area (Å²) in [5, 5.41) is 0. The predicted octanol–water partition coefficient (Wildman–Crippen LogP) is 1.63. The summed E-state index contributed by atoms with van der Waals surface area (Å²) < 4.78 is 5.59. The van der Waals surface area contributed by atoms with Crippen molar-refractivity contribution in [2.45, 2.75) is 33.0 Å². The van der Waals surface area contributed by atoms with Crippen LogP contribution in [0.5, 0.6) is 0 Å². The number of nitrogens with zero attached hydrogens (tertiary/aromatic N) is 1. The van der Waals surface area contributed by atoms with Gasteiger partial charge < -0.3 is 9.64 Å². The quantitative estimate of drug-likeness (QED) is 0.570. The van der Waals surface area contributed by atoms with Crippen LogP contribution in [0.15, 0.2) is 12.3 Å². The first-order valence-electron chi connectivity index (χ1n) is 4.24. The Morgan fingerprint density at radius 2 is 1.82 bits per heavy atom. The molecule has 0 bridgehead atoms. The average molecular weight is 155 g/mol. The van der Waals surface area contributed by atoms with Crippen LogP contribution in [0.2, 0.25) is 0 Å². The Bertz CT molecular complexity index is 134. The summed E-state index contributed by atoms with van der Waals surface area (Å²) in [6.45, 7) is 8.33. The summed E-state index contributed by atoms with van der Waals surface area (Å²) in [5.74, 6) is 0. The molecule has 0 N–H and O–H groups in total. The lowest BCUT2D eigenvalue weighted by Crippen LogP contribution is -2.42. The van der Waals surface area contributed by atoms with Gasteiger partial charge in [-0.3, -0.25) is 0 Å². The van der Waals surface area contributed by atoms with Crippen LogP contribution in [0.3, 0.4) is 0 Å². The van der Waals surface area contributed by atoms with Gasteiger partial charge in [-0.1, -0.05) is 6.08 Å². The van der Waals surface area contributed by atoms with Crippen LogP contribution in [0.1, 0.15) is 20.8 Å². The van der Waals surface area contributed by atoms with Gasteiger partial charge in [-0.25, -0.2) is 0 Å². The SMILES string of the molecule is C/C=C\N1CC(C)OC(C)C1. The van der Waals surface area contributed by atoms with Crippen molar-refractivity contribution >= 4 is 0 Å². The highest BCUT2D eigenvalue weighted by molar-refractivity contribution is 4.84. The fraction of sp³-hybridized carbons (Fsp3) is 0.778. The third kappa shape index (κ3) is 2.54. The van der Waals surface area contributed by atoms with Crippen molar-refractivity contribution in [3.63, 3.8) is 0 Å². The van der Waals surface area contributed by atoms with Crippen LogP contribution in [0.4, 0.5) is 0 Å². The van der Waals surface area contributed by atoms with Gasteiger partial charge in [0.1, 0.15) is 0 Å². The van der Waals surface area contributed by atoms with Crippen LogP contribution in [0.25, 0.3) is 0 Å². The fourth-order valence-corrected chi connectivity index (χ4v) is 1.55. The number of ether oxygens (including phenoxy) is 1. The van der Waals surface area contributed by atoms with Gasteiger partial charge in [0, 0.05) is 13.1 Å². The number of hydrogen-bond acceptors (Lipinski definition) is 2. The maximum absolute atomic E-state index is 5.59. The molecule has 1 heterocycles. The number of rotatable bonds is 1. The smallest absolute Gasteiger partial charge is 0.0726 e. The molecule has 0 spiro atoms. The molecule has 1 fully saturated rings. The van der Waals surface area contributed by atoms with E-state index in [4.69, 9.17) is 4.74 Å². The standard InChI is InChI=1S/C9H17NO/c1-4-5-10-6-8(2)11-9(3)7-10/h4-5,8-9H,6-7H2,1-3H3/b5-4-. The first-order valence-corrected chi connectivity index (χ1v) is 4.24. The highest BCUT2D eigenvalue weighted by Gasteiger charge is 2.18. The van der Waals surface area contributed by atoms with Gasteiger partial charge in [0.15, 0.2) is 0 Å². The van der Waals surface area contributed by atoms with Gasteiger partial charge in [-0.2, -0.15) is 0 Å². The third-order valence-electron chi connectivity index (χ3n) is 1.81. The van der Waals surface area contributed by atoms with Crippen molar-refractivity contribution in [2.75, 3.05) is 13.1 Å². The normalized spacial score (nSPS) is 33.2. The van der Waals surface area contributed by atoms with Crippen molar-refractivity contribution in [1.82, 2.24) is 4.90 Å². The Kier molecular flexibility index (Phi) is 2.94. The van der Waals surface area contributed by atoms with Crippen molar-refractivity contribution in [1.29, 1.82) is 0 Å². The summed E-state index contributed by atoms with van der Waals surface area (Å²) in [5.41, 5.74) is 0. The second kappa shape index (κ2) is 3.77. The van der Waals surface area contributed by atoms with E-state index in [-0.39, 0.29) is 0 Å². The fourth-order valence-electron chi connectivity index (χ4n) is 1.55. The topological polar surface area (TPSA) is 12.5 Å². The summed E-state index contributed by atoms with van der Waals surface area (Å²) in [7, 11) is 0. The second-order valence-corrected chi connectivity index (χ2v) is 3.19. The molecular formula is C9H17NO. The lowest BCUT2D eigenvalue weighted by atomic mass is 10.2. The number of morpholine rings is 1. The zero-order chi connectivity index (χ0) is 8.27. The molecule has 0 aromatic rings. The molecule has 2 heteroatoms. The Morgan fingerprint density at radius 1 is 1.27 bits per heavy atom. The largest absolute Gasteiger partial charge is 0.373 e. The van der Waals surface area contributed by atoms with E-state index in [0.29, 0.717) is 12.2 Å². The minimum absolute atomic E-state index is 0.370. The van der Waals surface area contributed by atoms with Crippen LogP contribution >= 0.6 is 0 Å². The van der Waals surface area contributed by atoms with Crippen LogP contribution in [0, 0.1) is 0 Å². The predicted molar refractivity (Wildman–Crippen MR) is 46.4 cm³/mol. The zero-order valence-electron chi connectivity index (χ0n) is 7.58. The molecule has 0 amide bonds. The Hall–Kier alpha value is -0.500. The van der Waals surface area contributed by atoms with Crippen molar-refractivity contribution < 1.29 is 4.74 Å². The second-order valence-electron chi connectivity index (χ2n) is 3.19. The molecule has 1 saturated heterocycles. The van der Waals surface area contributed by atoms with E-state index >= 15 is 0 Å². The van der Waals surface area contributed by atoms with Crippen LogP contribution < -0.4 is 0 Å². The monoisotopic (exact) mass is 155 g/mol. The van der Waals surface area contributed by atoms with Crippen LogP contribution in [-0.4, -0.2) is 30.2 Å². The lowest BCUT2D eigenvalue weighted by Gasteiger charge is -2.34. The highest BCUT2D eigenvalue weighted by Crippen LogP contribution is 2.10. The van der Waals surface area contributed by atoms with E-state index in [0.717, 1.165) is 13.1 Å². The molecule has 1 aliphatic heterocycles. The molecule has 0 aromatic heterocycles. The lowest BCUT2D eigenvalue weighted by molar-refractivity contribution is -0.0541. The molecule has 11 heavy (non-hydrogen) atoms. The Balaban J connectivity index is 2.42. The van der Waals surface area contributed by atoms with Crippen molar-refractivity contribution in [3.05, 3.63) is 12.3 Å². The molecular weight excluding hydrogens is 138 g/mol. The van der Waals surface area contributed by atoms with E-state index in [9.17, 15) is 0 Å². The van der Waals surface area contributed by atoms with Gasteiger partial charge in [0.05, 0.1) is 12.2 Å². The number of allylic oxidation sites excluding steroid dienone is 1. The molecule has 2 atom stereocenters. The van der Waals surface area contributed by atoms with E-state index in [1.165, 1.54) is 0 Å². The number of hydrogen-bond donors (Lipinski definition) is 0. The molecule has 1 aliphatic rings. The average Bonchev–Trinajstić information content (AvgIpc) is 1.85. The van der Waals surface area contributed by atoms with E-state index in [2.05, 4.69) is 31.0 Å². The molecule has 0 aliphatic carbocycles. The highest BCUT2D eigenvalue weighted by atomic mass is 16.5. The molecule has 0 aromatic carbocycles. The summed E-state index contributed by atoms with van der Waals surface area (Å²) in [6.07, 6.45) is 4.95. The van der Waals surface area contributed by atoms with Gasteiger partial charge in [0.25, 0.3) is 0 Å². The molecule has 2 unspecified atom stereocenters. The van der Waals surface area contributed by atoms with E-state index in [1.54, 1.807) is 0 Å². The molecule has 1 rings (SSSR count). The summed E-state index contributed by atoms with van der Waals surface area (Å²) in [6, 6.07) is 0. The first-order chi connectivity index (χ1) is 5.22. The molecule has 2 nitrogen and oxygen atoms in total. The Labute approximate surface area is 68.8 Å². The van der Waals surface area contributed by atoms with Crippen molar-refractivity contribution in [2.24, 2.45) is 0 Å².